The zero-order chi connectivity index (χ0) is 14.6. The number of halogens is 1. The van der Waals surface area contributed by atoms with Crippen molar-refractivity contribution in [3.63, 3.8) is 0 Å². The Balaban J connectivity index is 2.86. The third-order valence-corrected chi connectivity index (χ3v) is 4.86. The maximum atomic E-state index is 5.98. The summed E-state index contributed by atoms with van der Waals surface area (Å²) in [5.74, 6) is 0.709. The lowest BCUT2D eigenvalue weighted by Crippen LogP contribution is -2.42. The summed E-state index contributed by atoms with van der Waals surface area (Å²) in [6.07, 6.45) is 2.28. The first kappa shape index (κ1) is 16.5. The van der Waals surface area contributed by atoms with E-state index >= 15 is 0 Å². The first-order chi connectivity index (χ1) is 8.77. The molecular formula is C16H27BrN2. The number of nitrogens with one attached hydrogen (secondary N) is 1. The van der Waals surface area contributed by atoms with Gasteiger partial charge in [-0.25, -0.2) is 0 Å². The van der Waals surface area contributed by atoms with Gasteiger partial charge in [-0.2, -0.15) is 0 Å². The van der Waals surface area contributed by atoms with Crippen molar-refractivity contribution in [3.8, 4) is 0 Å². The average molecular weight is 327 g/mol. The highest BCUT2D eigenvalue weighted by Crippen LogP contribution is 2.28. The Morgan fingerprint density at radius 1 is 1.26 bits per heavy atom. The zero-order valence-corrected chi connectivity index (χ0v) is 14.4. The van der Waals surface area contributed by atoms with Gasteiger partial charge in [-0.1, -0.05) is 29.8 Å². The van der Waals surface area contributed by atoms with E-state index in [1.54, 1.807) is 0 Å². The number of nitrogens with two attached hydrogens (primary N) is 1. The van der Waals surface area contributed by atoms with E-state index in [0.717, 1.165) is 12.1 Å². The number of rotatable bonds is 6. The summed E-state index contributed by atoms with van der Waals surface area (Å²) < 4.78 is 1.19. The topological polar surface area (TPSA) is 38.0 Å². The first-order valence-corrected chi connectivity index (χ1v) is 7.81. The molecule has 108 valence electrons. The lowest BCUT2D eigenvalue weighted by Gasteiger charge is -2.32. The van der Waals surface area contributed by atoms with Crippen LogP contribution in [0.3, 0.4) is 0 Å². The minimum atomic E-state index is -0.0308. The molecule has 1 unspecified atom stereocenters. The van der Waals surface area contributed by atoms with Gasteiger partial charge in [0, 0.05) is 22.2 Å². The Bertz CT molecular complexity index is 406. The summed E-state index contributed by atoms with van der Waals surface area (Å²) in [7, 11) is 0. The number of hydrogen-bond donors (Lipinski definition) is 2. The first-order valence-electron chi connectivity index (χ1n) is 7.02. The maximum absolute atomic E-state index is 5.98. The van der Waals surface area contributed by atoms with Crippen molar-refractivity contribution in [1.29, 1.82) is 0 Å². The van der Waals surface area contributed by atoms with Crippen LogP contribution in [0.4, 0.5) is 5.69 Å². The third-order valence-electron chi connectivity index (χ3n) is 3.61. The van der Waals surface area contributed by atoms with Gasteiger partial charge in [-0.15, -0.1) is 0 Å². The van der Waals surface area contributed by atoms with Crippen molar-refractivity contribution >= 4 is 21.6 Å². The van der Waals surface area contributed by atoms with Crippen LogP contribution in [0.1, 0.15) is 44.7 Å². The summed E-state index contributed by atoms with van der Waals surface area (Å²) in [6.45, 7) is 11.6. The van der Waals surface area contributed by atoms with Crippen LogP contribution in [0, 0.1) is 19.8 Å². The van der Waals surface area contributed by atoms with Crippen LogP contribution in [-0.4, -0.2) is 12.1 Å². The molecule has 0 saturated carbocycles. The van der Waals surface area contributed by atoms with Crippen LogP contribution in [0.25, 0.3) is 0 Å². The van der Waals surface area contributed by atoms with Crippen LogP contribution < -0.4 is 11.1 Å². The number of anilines is 1. The maximum Gasteiger partial charge on any atom is 0.0467 e. The van der Waals surface area contributed by atoms with E-state index in [4.69, 9.17) is 5.73 Å². The van der Waals surface area contributed by atoms with E-state index in [9.17, 15) is 0 Å². The Morgan fingerprint density at radius 3 is 2.21 bits per heavy atom. The second kappa shape index (κ2) is 6.76. The van der Waals surface area contributed by atoms with Gasteiger partial charge in [-0.3, -0.25) is 0 Å². The highest BCUT2D eigenvalue weighted by Gasteiger charge is 2.22. The normalized spacial score (nSPS) is 14.5. The minimum Gasteiger partial charge on any atom is -0.379 e. The molecule has 3 heteroatoms. The Labute approximate surface area is 126 Å². The average Bonchev–Trinajstić information content (AvgIpc) is 2.33. The van der Waals surface area contributed by atoms with Gasteiger partial charge >= 0.3 is 0 Å². The van der Waals surface area contributed by atoms with Crippen molar-refractivity contribution in [3.05, 3.63) is 27.7 Å². The van der Waals surface area contributed by atoms with E-state index in [-0.39, 0.29) is 5.54 Å². The molecule has 0 radical (unpaired) electrons. The van der Waals surface area contributed by atoms with Crippen LogP contribution in [0.2, 0.25) is 0 Å². The summed E-state index contributed by atoms with van der Waals surface area (Å²) in [5, 5.41) is 3.62. The lowest BCUT2D eigenvalue weighted by atomic mass is 9.91. The molecule has 0 saturated heterocycles. The fraction of sp³-hybridized carbons (Fsp3) is 0.625. The third kappa shape index (κ3) is 4.81. The largest absolute Gasteiger partial charge is 0.379 e. The van der Waals surface area contributed by atoms with Crippen molar-refractivity contribution in [2.24, 2.45) is 11.7 Å². The SMILES string of the molecule is Cc1cc(NC(C)(CN)CCC(C)C)cc(C)c1Br. The molecule has 1 rings (SSSR count). The predicted molar refractivity (Wildman–Crippen MR) is 88.8 cm³/mol. The van der Waals surface area contributed by atoms with Crippen LogP contribution in [-0.2, 0) is 0 Å². The van der Waals surface area contributed by atoms with Crippen molar-refractivity contribution < 1.29 is 0 Å². The van der Waals surface area contributed by atoms with E-state index in [0.29, 0.717) is 12.5 Å². The van der Waals surface area contributed by atoms with Gasteiger partial charge in [0.05, 0.1) is 0 Å². The smallest absolute Gasteiger partial charge is 0.0467 e. The molecule has 0 amide bonds. The quantitative estimate of drug-likeness (QED) is 0.799. The van der Waals surface area contributed by atoms with Gasteiger partial charge in [-0.05, 0) is 62.8 Å². The minimum absolute atomic E-state index is 0.0308. The molecule has 1 aromatic carbocycles. The Kier molecular flexibility index (Phi) is 5.87. The highest BCUT2D eigenvalue weighted by atomic mass is 79.9. The monoisotopic (exact) mass is 326 g/mol. The summed E-state index contributed by atoms with van der Waals surface area (Å²) in [4.78, 5) is 0. The molecule has 0 aliphatic carbocycles. The Hall–Kier alpha value is -0.540. The predicted octanol–water partition coefficient (Wildman–Crippen LogP) is 4.63. The molecule has 19 heavy (non-hydrogen) atoms. The van der Waals surface area contributed by atoms with Crippen molar-refractivity contribution in [2.75, 3.05) is 11.9 Å². The molecule has 1 aromatic rings. The standard InChI is InChI=1S/C16H27BrN2/c1-11(2)6-7-16(5,10-18)19-14-8-12(3)15(17)13(4)9-14/h8-9,11,19H,6-7,10,18H2,1-5H3. The molecule has 0 aromatic heterocycles. The van der Waals surface area contributed by atoms with E-state index in [2.05, 4.69) is 68.0 Å². The molecular weight excluding hydrogens is 300 g/mol. The summed E-state index contributed by atoms with van der Waals surface area (Å²) >= 11 is 3.61. The lowest BCUT2D eigenvalue weighted by molar-refractivity contribution is 0.420. The summed E-state index contributed by atoms with van der Waals surface area (Å²) in [5.41, 5.74) is 9.62. The molecule has 0 spiro atoms. The fourth-order valence-electron chi connectivity index (χ4n) is 2.19. The Morgan fingerprint density at radius 2 is 1.79 bits per heavy atom. The number of aryl methyl sites for hydroxylation is 2. The van der Waals surface area contributed by atoms with Gasteiger partial charge < -0.3 is 11.1 Å². The van der Waals surface area contributed by atoms with Crippen LogP contribution in [0.5, 0.6) is 0 Å². The van der Waals surface area contributed by atoms with Crippen LogP contribution >= 0.6 is 15.9 Å². The van der Waals surface area contributed by atoms with Gasteiger partial charge in [0.25, 0.3) is 0 Å². The van der Waals surface area contributed by atoms with Gasteiger partial charge in [0.2, 0.25) is 0 Å². The van der Waals surface area contributed by atoms with Crippen LogP contribution in [0.15, 0.2) is 16.6 Å². The fourth-order valence-corrected chi connectivity index (χ4v) is 2.42. The van der Waals surface area contributed by atoms with Crippen molar-refractivity contribution in [2.45, 2.75) is 53.0 Å². The molecule has 0 heterocycles. The molecule has 0 bridgehead atoms. The van der Waals surface area contributed by atoms with E-state index < -0.39 is 0 Å². The van der Waals surface area contributed by atoms with Crippen molar-refractivity contribution in [1.82, 2.24) is 0 Å². The second-order valence-corrected chi connectivity index (χ2v) is 7.04. The molecule has 0 aliphatic heterocycles. The number of benzene rings is 1. The molecule has 1 atom stereocenters. The zero-order valence-electron chi connectivity index (χ0n) is 12.8. The van der Waals surface area contributed by atoms with Gasteiger partial charge in [0.15, 0.2) is 0 Å². The number of hydrogen-bond acceptors (Lipinski definition) is 2. The molecule has 0 aliphatic rings. The summed E-state index contributed by atoms with van der Waals surface area (Å²) in [6, 6.07) is 4.36. The van der Waals surface area contributed by atoms with Gasteiger partial charge in [0.1, 0.15) is 0 Å². The highest BCUT2D eigenvalue weighted by molar-refractivity contribution is 9.10. The van der Waals surface area contributed by atoms with E-state index in [1.807, 2.05) is 0 Å². The van der Waals surface area contributed by atoms with E-state index in [1.165, 1.54) is 22.0 Å². The molecule has 2 nitrogen and oxygen atoms in total. The molecule has 3 N–H and O–H groups in total. The second-order valence-electron chi connectivity index (χ2n) is 6.25. The molecule has 0 fully saturated rings.